The van der Waals surface area contributed by atoms with Crippen LogP contribution in [0, 0.1) is 5.92 Å². The summed E-state index contributed by atoms with van der Waals surface area (Å²) in [7, 11) is 0. The first kappa shape index (κ1) is 22.2. The van der Waals surface area contributed by atoms with E-state index in [9.17, 15) is 0 Å². The third-order valence-corrected chi connectivity index (χ3v) is 3.82. The van der Waals surface area contributed by atoms with Crippen molar-refractivity contribution in [2.45, 2.75) is 39.3 Å². The van der Waals surface area contributed by atoms with E-state index in [2.05, 4.69) is 34.6 Å². The zero-order valence-electron chi connectivity index (χ0n) is 15.3. The first-order valence-corrected chi connectivity index (χ1v) is 8.97. The SMILES string of the molecule is CCNC(=NCC(C)Cn1cccn1)NCCCOC1CCOC1.I. The third-order valence-electron chi connectivity index (χ3n) is 3.82. The molecule has 7 nitrogen and oxygen atoms in total. The maximum absolute atomic E-state index is 5.77. The predicted octanol–water partition coefficient (Wildman–Crippen LogP) is 1.89. The minimum absolute atomic E-state index is 0. The van der Waals surface area contributed by atoms with Crippen LogP contribution in [0.3, 0.4) is 0 Å². The molecule has 8 heteroatoms. The lowest BCUT2D eigenvalue weighted by Gasteiger charge is -2.14. The maximum atomic E-state index is 5.77. The van der Waals surface area contributed by atoms with E-state index >= 15 is 0 Å². The fourth-order valence-corrected chi connectivity index (χ4v) is 2.55. The fraction of sp³-hybridized carbons (Fsp3) is 0.765. The van der Waals surface area contributed by atoms with Crippen molar-refractivity contribution in [3.05, 3.63) is 18.5 Å². The lowest BCUT2D eigenvalue weighted by molar-refractivity contribution is 0.0420. The summed E-state index contributed by atoms with van der Waals surface area (Å²) in [4.78, 5) is 4.66. The second-order valence-electron chi connectivity index (χ2n) is 6.19. The molecule has 1 aromatic rings. The Morgan fingerprint density at radius 1 is 1.48 bits per heavy atom. The number of guanidine groups is 1. The van der Waals surface area contributed by atoms with Crippen LogP contribution in [-0.2, 0) is 16.0 Å². The maximum Gasteiger partial charge on any atom is 0.191 e. The number of hydrogen-bond donors (Lipinski definition) is 2. The van der Waals surface area contributed by atoms with Gasteiger partial charge in [0, 0.05) is 51.8 Å². The van der Waals surface area contributed by atoms with Crippen molar-refractivity contribution in [3.8, 4) is 0 Å². The van der Waals surface area contributed by atoms with Gasteiger partial charge in [-0.3, -0.25) is 9.67 Å². The summed E-state index contributed by atoms with van der Waals surface area (Å²) in [6.45, 7) is 9.96. The Hall–Kier alpha value is -0.870. The summed E-state index contributed by atoms with van der Waals surface area (Å²) in [5.41, 5.74) is 0. The van der Waals surface area contributed by atoms with Crippen molar-refractivity contribution in [1.29, 1.82) is 0 Å². The Labute approximate surface area is 168 Å². The minimum Gasteiger partial charge on any atom is -0.379 e. The second kappa shape index (κ2) is 13.3. The van der Waals surface area contributed by atoms with E-state index in [0.717, 1.165) is 64.8 Å². The van der Waals surface area contributed by atoms with Gasteiger partial charge in [0.15, 0.2) is 5.96 Å². The summed E-state index contributed by atoms with van der Waals surface area (Å²) in [5, 5.41) is 10.9. The molecular weight excluding hydrogens is 433 g/mol. The number of aromatic nitrogens is 2. The molecule has 0 aliphatic carbocycles. The highest BCUT2D eigenvalue weighted by Crippen LogP contribution is 2.07. The number of nitrogens with zero attached hydrogens (tertiary/aromatic N) is 3. The summed E-state index contributed by atoms with van der Waals surface area (Å²) in [6, 6.07) is 1.95. The van der Waals surface area contributed by atoms with E-state index in [4.69, 9.17) is 9.47 Å². The van der Waals surface area contributed by atoms with E-state index < -0.39 is 0 Å². The Kier molecular flexibility index (Phi) is 11.8. The molecule has 25 heavy (non-hydrogen) atoms. The first-order chi connectivity index (χ1) is 11.8. The van der Waals surface area contributed by atoms with E-state index in [1.165, 1.54) is 0 Å². The summed E-state index contributed by atoms with van der Waals surface area (Å²) in [6.07, 6.45) is 6.06. The monoisotopic (exact) mass is 465 g/mol. The second-order valence-corrected chi connectivity index (χ2v) is 6.19. The highest BCUT2D eigenvalue weighted by molar-refractivity contribution is 14.0. The number of hydrogen-bond acceptors (Lipinski definition) is 4. The van der Waals surface area contributed by atoms with Gasteiger partial charge in [0.2, 0.25) is 0 Å². The molecule has 0 amide bonds. The number of aliphatic imine (C=N–C) groups is 1. The van der Waals surface area contributed by atoms with Crippen LogP contribution in [0.5, 0.6) is 0 Å². The molecule has 0 spiro atoms. The smallest absolute Gasteiger partial charge is 0.191 e. The summed E-state index contributed by atoms with van der Waals surface area (Å²) >= 11 is 0. The molecule has 2 unspecified atom stereocenters. The van der Waals surface area contributed by atoms with Gasteiger partial charge in [0.05, 0.1) is 12.7 Å². The van der Waals surface area contributed by atoms with Crippen molar-refractivity contribution >= 4 is 29.9 Å². The largest absolute Gasteiger partial charge is 0.379 e. The number of nitrogens with one attached hydrogen (secondary N) is 2. The van der Waals surface area contributed by atoms with Gasteiger partial charge < -0.3 is 20.1 Å². The molecule has 2 heterocycles. The highest BCUT2D eigenvalue weighted by atomic mass is 127. The van der Waals surface area contributed by atoms with Crippen LogP contribution in [0.1, 0.15) is 26.7 Å². The van der Waals surface area contributed by atoms with Gasteiger partial charge in [0.25, 0.3) is 0 Å². The lowest BCUT2D eigenvalue weighted by atomic mass is 10.2. The van der Waals surface area contributed by atoms with Gasteiger partial charge >= 0.3 is 0 Å². The average Bonchev–Trinajstić information content (AvgIpc) is 3.26. The van der Waals surface area contributed by atoms with Crippen LogP contribution in [0.2, 0.25) is 0 Å². The number of ether oxygens (including phenoxy) is 2. The van der Waals surface area contributed by atoms with Crippen molar-refractivity contribution < 1.29 is 9.47 Å². The Morgan fingerprint density at radius 3 is 3.04 bits per heavy atom. The van der Waals surface area contributed by atoms with Crippen LogP contribution in [0.15, 0.2) is 23.5 Å². The van der Waals surface area contributed by atoms with Crippen LogP contribution in [-0.4, -0.2) is 61.3 Å². The van der Waals surface area contributed by atoms with Gasteiger partial charge in [-0.05, 0) is 31.7 Å². The molecule has 2 rings (SSSR count). The van der Waals surface area contributed by atoms with E-state index in [0.29, 0.717) is 5.92 Å². The van der Waals surface area contributed by atoms with Gasteiger partial charge in [-0.1, -0.05) is 6.92 Å². The van der Waals surface area contributed by atoms with Gasteiger partial charge in [0.1, 0.15) is 0 Å². The third kappa shape index (κ3) is 9.41. The Balaban J connectivity index is 0.00000312. The van der Waals surface area contributed by atoms with E-state index in [-0.39, 0.29) is 30.1 Å². The average molecular weight is 465 g/mol. The van der Waals surface area contributed by atoms with Crippen molar-refractivity contribution in [3.63, 3.8) is 0 Å². The number of halogens is 1. The van der Waals surface area contributed by atoms with Crippen LogP contribution < -0.4 is 10.6 Å². The molecule has 1 fully saturated rings. The van der Waals surface area contributed by atoms with Gasteiger partial charge in [-0.25, -0.2) is 0 Å². The molecule has 0 radical (unpaired) electrons. The zero-order chi connectivity index (χ0) is 17.0. The molecule has 2 atom stereocenters. The Bertz CT molecular complexity index is 464. The molecular formula is C17H32IN5O2. The Morgan fingerprint density at radius 2 is 2.36 bits per heavy atom. The van der Waals surface area contributed by atoms with E-state index in [1.54, 1.807) is 6.20 Å². The molecule has 1 saturated heterocycles. The van der Waals surface area contributed by atoms with Gasteiger partial charge in [-0.2, -0.15) is 5.10 Å². The molecule has 0 bridgehead atoms. The summed E-state index contributed by atoms with van der Waals surface area (Å²) in [5.74, 6) is 1.31. The molecule has 0 aromatic carbocycles. The first-order valence-electron chi connectivity index (χ1n) is 8.97. The zero-order valence-corrected chi connectivity index (χ0v) is 17.6. The van der Waals surface area contributed by atoms with Crippen molar-refractivity contribution in [2.24, 2.45) is 10.9 Å². The van der Waals surface area contributed by atoms with Crippen molar-refractivity contribution in [1.82, 2.24) is 20.4 Å². The summed E-state index contributed by atoms with van der Waals surface area (Å²) < 4.78 is 13.0. The molecule has 1 aromatic heterocycles. The predicted molar refractivity (Wildman–Crippen MR) is 111 cm³/mol. The van der Waals surface area contributed by atoms with Crippen LogP contribution >= 0.6 is 24.0 Å². The quantitative estimate of drug-likeness (QED) is 0.239. The van der Waals surface area contributed by atoms with Crippen LogP contribution in [0.4, 0.5) is 0 Å². The molecule has 0 saturated carbocycles. The topological polar surface area (TPSA) is 72.7 Å². The normalized spacial score (nSPS) is 18.6. The highest BCUT2D eigenvalue weighted by Gasteiger charge is 2.15. The fourth-order valence-electron chi connectivity index (χ4n) is 2.55. The molecule has 1 aliphatic heterocycles. The minimum atomic E-state index is 0. The number of rotatable bonds is 10. The standard InChI is InChI=1S/C17H31N5O2.HI/c1-3-18-17(19-7-5-10-24-16-6-11-23-14-16)20-12-15(2)13-22-9-4-8-21-22;/h4,8-9,15-16H,3,5-7,10-14H2,1-2H3,(H2,18,19,20);1H. The molecule has 144 valence electrons. The van der Waals surface area contributed by atoms with Crippen molar-refractivity contribution in [2.75, 3.05) is 39.5 Å². The molecule has 1 aliphatic rings. The van der Waals surface area contributed by atoms with Crippen LogP contribution in [0.25, 0.3) is 0 Å². The molecule has 2 N–H and O–H groups in total. The lowest BCUT2D eigenvalue weighted by Crippen LogP contribution is -2.38. The van der Waals surface area contributed by atoms with E-state index in [1.807, 2.05) is 16.9 Å². The van der Waals surface area contributed by atoms with Gasteiger partial charge in [-0.15, -0.1) is 24.0 Å².